The molecule has 1 saturated heterocycles. The van der Waals surface area contributed by atoms with Crippen LogP contribution in [-0.4, -0.2) is 51.5 Å². The van der Waals surface area contributed by atoms with Crippen LogP contribution in [-0.2, 0) is 4.74 Å². The minimum atomic E-state index is 0.693. The van der Waals surface area contributed by atoms with Gasteiger partial charge in [0.15, 0.2) is 17.3 Å². The van der Waals surface area contributed by atoms with Crippen molar-refractivity contribution in [1.82, 2.24) is 25.1 Å². The van der Waals surface area contributed by atoms with Gasteiger partial charge in [0.05, 0.1) is 30.4 Å². The molecule has 1 fully saturated rings. The molecule has 0 unspecified atom stereocenters. The van der Waals surface area contributed by atoms with Gasteiger partial charge in [-0.25, -0.2) is 15.0 Å². The third-order valence-corrected chi connectivity index (χ3v) is 5.00. The number of anilines is 1. The number of thiazole rings is 1. The Hall–Kier alpha value is -2.58. The van der Waals surface area contributed by atoms with E-state index in [1.807, 2.05) is 23.8 Å². The average Bonchev–Trinajstić information content (AvgIpc) is 3.29. The highest BCUT2D eigenvalue weighted by Gasteiger charge is 2.19. The summed E-state index contributed by atoms with van der Waals surface area (Å²) in [5.74, 6) is 1.64. The van der Waals surface area contributed by atoms with E-state index in [4.69, 9.17) is 9.72 Å². The second-order valence-electron chi connectivity index (χ2n) is 5.65. The summed E-state index contributed by atoms with van der Waals surface area (Å²) in [4.78, 5) is 16.2. The van der Waals surface area contributed by atoms with Crippen molar-refractivity contribution in [3.63, 3.8) is 0 Å². The molecule has 1 aliphatic heterocycles. The second kappa shape index (κ2) is 5.50. The molecular formula is C16H14N6OS. The van der Waals surface area contributed by atoms with Crippen molar-refractivity contribution < 1.29 is 4.74 Å². The van der Waals surface area contributed by atoms with Gasteiger partial charge in [-0.05, 0) is 18.2 Å². The zero-order valence-corrected chi connectivity index (χ0v) is 13.6. The van der Waals surface area contributed by atoms with Crippen LogP contribution in [0.5, 0.6) is 0 Å². The fraction of sp³-hybridized carbons (Fsp3) is 0.250. The first kappa shape index (κ1) is 13.8. The van der Waals surface area contributed by atoms with Crippen LogP contribution in [0.1, 0.15) is 0 Å². The number of hydrogen-bond acceptors (Lipinski definition) is 7. The van der Waals surface area contributed by atoms with Gasteiger partial charge in [-0.15, -0.1) is 11.3 Å². The number of H-pyrrole nitrogens is 1. The molecule has 1 aliphatic rings. The number of morpholine rings is 1. The Bertz CT molecular complexity index is 1020. The van der Waals surface area contributed by atoms with Gasteiger partial charge >= 0.3 is 0 Å². The molecule has 4 heterocycles. The Labute approximate surface area is 141 Å². The predicted octanol–water partition coefficient (Wildman–Crippen LogP) is 2.47. The van der Waals surface area contributed by atoms with E-state index in [9.17, 15) is 0 Å². The van der Waals surface area contributed by atoms with Gasteiger partial charge in [0.2, 0.25) is 0 Å². The molecule has 120 valence electrons. The number of ether oxygens (including phenoxy) is 1. The maximum Gasteiger partial charge on any atom is 0.176 e. The van der Waals surface area contributed by atoms with Gasteiger partial charge in [0.25, 0.3) is 0 Å². The standard InChI is InChI=1S/C16H14N6OS/c1-2-12-11(8-18-21-12)7-10(1)14-19-15-13(24-9-17-15)16(20-14)22-3-5-23-6-4-22/h1-2,7-9H,3-6H2,(H,18,21). The zero-order valence-electron chi connectivity index (χ0n) is 12.8. The van der Waals surface area contributed by atoms with E-state index in [0.29, 0.717) is 5.82 Å². The molecule has 0 radical (unpaired) electrons. The molecule has 1 N–H and O–H groups in total. The predicted molar refractivity (Wildman–Crippen MR) is 93.3 cm³/mol. The fourth-order valence-electron chi connectivity index (χ4n) is 2.95. The lowest BCUT2D eigenvalue weighted by molar-refractivity contribution is 0.122. The molecule has 4 aromatic rings. The summed E-state index contributed by atoms with van der Waals surface area (Å²) >= 11 is 1.58. The first-order valence-electron chi connectivity index (χ1n) is 7.76. The highest BCUT2D eigenvalue weighted by atomic mass is 32.1. The Morgan fingerprint density at radius 3 is 3.00 bits per heavy atom. The van der Waals surface area contributed by atoms with Gasteiger partial charge in [0, 0.05) is 24.0 Å². The van der Waals surface area contributed by atoms with E-state index < -0.39 is 0 Å². The minimum Gasteiger partial charge on any atom is -0.378 e. The van der Waals surface area contributed by atoms with Gasteiger partial charge < -0.3 is 9.64 Å². The Morgan fingerprint density at radius 2 is 2.08 bits per heavy atom. The molecule has 8 heteroatoms. The summed E-state index contributed by atoms with van der Waals surface area (Å²) in [6.45, 7) is 3.12. The SMILES string of the molecule is c1nc2nc(-c3ccc4[nH]ncc4c3)nc(N3CCOCC3)c2s1. The molecule has 24 heavy (non-hydrogen) atoms. The lowest BCUT2D eigenvalue weighted by Gasteiger charge is -2.28. The lowest BCUT2D eigenvalue weighted by Crippen LogP contribution is -2.36. The Morgan fingerprint density at radius 1 is 1.17 bits per heavy atom. The largest absolute Gasteiger partial charge is 0.378 e. The summed E-state index contributed by atoms with van der Waals surface area (Å²) in [5.41, 5.74) is 4.54. The summed E-state index contributed by atoms with van der Waals surface area (Å²) in [7, 11) is 0. The van der Waals surface area contributed by atoms with Crippen LogP contribution in [0.4, 0.5) is 5.82 Å². The van der Waals surface area contributed by atoms with Crippen molar-refractivity contribution >= 4 is 38.4 Å². The molecule has 0 amide bonds. The van der Waals surface area contributed by atoms with Crippen LogP contribution in [0.15, 0.2) is 29.9 Å². The van der Waals surface area contributed by atoms with Gasteiger partial charge in [-0.2, -0.15) is 5.10 Å². The number of aromatic amines is 1. The molecule has 3 aromatic heterocycles. The number of aromatic nitrogens is 5. The van der Waals surface area contributed by atoms with E-state index in [0.717, 1.165) is 58.9 Å². The zero-order chi connectivity index (χ0) is 15.9. The monoisotopic (exact) mass is 338 g/mol. The number of nitrogens with one attached hydrogen (secondary N) is 1. The van der Waals surface area contributed by atoms with Gasteiger partial charge in [-0.3, -0.25) is 5.10 Å². The van der Waals surface area contributed by atoms with Gasteiger partial charge in [-0.1, -0.05) is 0 Å². The number of nitrogens with zero attached hydrogens (tertiary/aromatic N) is 5. The second-order valence-corrected chi connectivity index (χ2v) is 6.50. The van der Waals surface area contributed by atoms with Crippen LogP contribution in [0.3, 0.4) is 0 Å². The fourth-order valence-corrected chi connectivity index (χ4v) is 3.69. The van der Waals surface area contributed by atoms with Crippen molar-refractivity contribution in [1.29, 1.82) is 0 Å². The van der Waals surface area contributed by atoms with Crippen molar-refractivity contribution in [2.45, 2.75) is 0 Å². The van der Waals surface area contributed by atoms with Crippen molar-refractivity contribution in [3.8, 4) is 11.4 Å². The Balaban J connectivity index is 1.67. The smallest absolute Gasteiger partial charge is 0.176 e. The van der Waals surface area contributed by atoms with Crippen LogP contribution in [0.25, 0.3) is 32.6 Å². The molecule has 5 rings (SSSR count). The van der Waals surface area contributed by atoms with E-state index >= 15 is 0 Å². The normalized spacial score (nSPS) is 15.4. The molecule has 0 spiro atoms. The maximum atomic E-state index is 5.46. The number of fused-ring (bicyclic) bond motifs is 2. The molecular weight excluding hydrogens is 324 g/mol. The number of hydrogen-bond donors (Lipinski definition) is 1. The van der Waals surface area contributed by atoms with Crippen molar-refractivity contribution in [3.05, 3.63) is 29.9 Å². The molecule has 0 atom stereocenters. The molecule has 0 saturated carbocycles. The summed E-state index contributed by atoms with van der Waals surface area (Å²) < 4.78 is 6.49. The third kappa shape index (κ3) is 2.22. The summed E-state index contributed by atoms with van der Waals surface area (Å²) in [5, 5.41) is 8.08. The lowest BCUT2D eigenvalue weighted by atomic mass is 10.1. The van der Waals surface area contributed by atoms with Crippen LogP contribution in [0, 0.1) is 0 Å². The van der Waals surface area contributed by atoms with E-state index in [1.165, 1.54) is 0 Å². The molecule has 1 aromatic carbocycles. The number of benzene rings is 1. The molecule has 0 aliphatic carbocycles. The first-order valence-corrected chi connectivity index (χ1v) is 8.64. The first-order chi connectivity index (χ1) is 11.9. The van der Waals surface area contributed by atoms with Crippen LogP contribution >= 0.6 is 11.3 Å². The number of rotatable bonds is 2. The third-order valence-electron chi connectivity index (χ3n) is 4.18. The quantitative estimate of drug-likeness (QED) is 0.605. The summed E-state index contributed by atoms with van der Waals surface area (Å²) in [6, 6.07) is 6.06. The van der Waals surface area contributed by atoms with Gasteiger partial charge in [0.1, 0.15) is 4.70 Å². The van der Waals surface area contributed by atoms with Crippen LogP contribution in [0.2, 0.25) is 0 Å². The van der Waals surface area contributed by atoms with Crippen molar-refractivity contribution in [2.75, 3.05) is 31.2 Å². The minimum absolute atomic E-state index is 0.693. The maximum absolute atomic E-state index is 5.46. The van der Waals surface area contributed by atoms with E-state index in [1.54, 1.807) is 11.3 Å². The van der Waals surface area contributed by atoms with E-state index in [-0.39, 0.29) is 0 Å². The van der Waals surface area contributed by atoms with E-state index in [2.05, 4.69) is 31.1 Å². The molecule has 0 bridgehead atoms. The Kier molecular flexibility index (Phi) is 3.17. The highest BCUT2D eigenvalue weighted by molar-refractivity contribution is 7.17. The molecule has 7 nitrogen and oxygen atoms in total. The van der Waals surface area contributed by atoms with Crippen LogP contribution < -0.4 is 4.90 Å². The highest BCUT2D eigenvalue weighted by Crippen LogP contribution is 2.31. The topological polar surface area (TPSA) is 79.8 Å². The average molecular weight is 338 g/mol. The summed E-state index contributed by atoms with van der Waals surface area (Å²) in [6.07, 6.45) is 1.81. The van der Waals surface area contributed by atoms with Crippen molar-refractivity contribution in [2.24, 2.45) is 0 Å².